The van der Waals surface area contributed by atoms with Gasteiger partial charge in [0.15, 0.2) is 0 Å². The second-order valence-corrected chi connectivity index (χ2v) is 6.76. The highest BCUT2D eigenvalue weighted by Crippen LogP contribution is 2.20. The molecular formula is C12H18N4O3S. The van der Waals surface area contributed by atoms with Gasteiger partial charge in [0, 0.05) is 32.3 Å². The van der Waals surface area contributed by atoms with Crippen molar-refractivity contribution < 1.29 is 13.2 Å². The standard InChI is InChI=1S/C12H18N4O3S/c1-9(17)15-10-3-2-6-16(8-10)20(18,19)11-4-5-12(13)14-7-11/h4-5,7,10H,2-3,6,8H2,1H3,(H2,13,14)(H,15,17). The molecule has 2 rings (SSSR count). The maximum Gasteiger partial charge on any atom is 0.244 e. The van der Waals surface area contributed by atoms with Crippen molar-refractivity contribution in [3.8, 4) is 0 Å². The first-order valence-electron chi connectivity index (χ1n) is 6.38. The number of nitrogens with zero attached hydrogens (tertiary/aromatic N) is 2. The van der Waals surface area contributed by atoms with Crippen LogP contribution in [0.15, 0.2) is 23.2 Å². The summed E-state index contributed by atoms with van der Waals surface area (Å²) in [6.45, 7) is 2.16. The molecule has 0 aliphatic carbocycles. The van der Waals surface area contributed by atoms with Gasteiger partial charge in [-0.2, -0.15) is 4.31 Å². The summed E-state index contributed by atoms with van der Waals surface area (Å²) in [7, 11) is -3.58. The number of pyridine rings is 1. The van der Waals surface area contributed by atoms with E-state index in [-0.39, 0.29) is 29.2 Å². The topological polar surface area (TPSA) is 105 Å². The smallest absolute Gasteiger partial charge is 0.244 e. The lowest BCUT2D eigenvalue weighted by Gasteiger charge is -2.32. The fraction of sp³-hybridized carbons (Fsp3) is 0.500. The molecule has 0 spiro atoms. The summed E-state index contributed by atoms with van der Waals surface area (Å²) in [6, 6.07) is 2.76. The SMILES string of the molecule is CC(=O)NC1CCCN(S(=O)(=O)c2ccc(N)nc2)C1. The average molecular weight is 298 g/mol. The van der Waals surface area contributed by atoms with Crippen LogP contribution >= 0.6 is 0 Å². The molecule has 1 aromatic heterocycles. The first kappa shape index (κ1) is 14.7. The highest BCUT2D eigenvalue weighted by Gasteiger charge is 2.30. The van der Waals surface area contributed by atoms with Crippen molar-refractivity contribution in [1.82, 2.24) is 14.6 Å². The number of nitrogen functional groups attached to an aromatic ring is 1. The number of rotatable bonds is 3. The van der Waals surface area contributed by atoms with Crippen molar-refractivity contribution in [3.05, 3.63) is 18.3 Å². The van der Waals surface area contributed by atoms with E-state index in [1.54, 1.807) is 0 Å². The Kier molecular flexibility index (Phi) is 4.24. The van der Waals surface area contributed by atoms with Crippen LogP contribution in [0.3, 0.4) is 0 Å². The Bertz CT molecular complexity index is 585. The quantitative estimate of drug-likeness (QED) is 0.814. The first-order valence-corrected chi connectivity index (χ1v) is 7.82. The van der Waals surface area contributed by atoms with Crippen LogP contribution in [0.4, 0.5) is 5.82 Å². The van der Waals surface area contributed by atoms with Gasteiger partial charge in [-0.3, -0.25) is 4.79 Å². The number of anilines is 1. The number of piperidine rings is 1. The zero-order chi connectivity index (χ0) is 14.8. The van der Waals surface area contributed by atoms with Crippen LogP contribution in [0.2, 0.25) is 0 Å². The second-order valence-electron chi connectivity index (χ2n) is 4.82. The van der Waals surface area contributed by atoms with Crippen molar-refractivity contribution in [2.75, 3.05) is 18.8 Å². The molecule has 8 heteroatoms. The van der Waals surface area contributed by atoms with Crippen LogP contribution in [0, 0.1) is 0 Å². The van der Waals surface area contributed by atoms with Crippen LogP contribution in [-0.4, -0.2) is 42.7 Å². The van der Waals surface area contributed by atoms with Gasteiger partial charge >= 0.3 is 0 Å². The third-order valence-corrected chi connectivity index (χ3v) is 5.04. The van der Waals surface area contributed by atoms with Crippen molar-refractivity contribution in [2.45, 2.75) is 30.7 Å². The lowest BCUT2D eigenvalue weighted by Crippen LogP contribution is -2.49. The predicted octanol–water partition coefficient (Wildman–Crippen LogP) is -0.0470. The van der Waals surface area contributed by atoms with Gasteiger partial charge in [0.1, 0.15) is 10.7 Å². The van der Waals surface area contributed by atoms with E-state index in [0.29, 0.717) is 13.0 Å². The Morgan fingerprint density at radius 2 is 2.25 bits per heavy atom. The lowest BCUT2D eigenvalue weighted by atomic mass is 10.1. The molecule has 1 aromatic rings. The fourth-order valence-corrected chi connectivity index (χ4v) is 3.73. The van der Waals surface area contributed by atoms with Crippen LogP contribution in [-0.2, 0) is 14.8 Å². The highest BCUT2D eigenvalue weighted by atomic mass is 32.2. The zero-order valence-corrected chi connectivity index (χ0v) is 12.1. The number of carbonyl (C=O) groups excluding carboxylic acids is 1. The van der Waals surface area contributed by atoms with E-state index in [2.05, 4.69) is 10.3 Å². The highest BCUT2D eigenvalue weighted by molar-refractivity contribution is 7.89. The fourth-order valence-electron chi connectivity index (χ4n) is 2.26. The predicted molar refractivity (Wildman–Crippen MR) is 74.2 cm³/mol. The number of nitrogens with two attached hydrogens (primary N) is 1. The molecule has 1 amide bonds. The normalized spacial score (nSPS) is 20.6. The van der Waals surface area contributed by atoms with E-state index >= 15 is 0 Å². The van der Waals surface area contributed by atoms with E-state index in [4.69, 9.17) is 5.73 Å². The molecule has 1 atom stereocenters. The molecule has 0 aromatic carbocycles. The minimum atomic E-state index is -3.58. The van der Waals surface area contributed by atoms with Crippen LogP contribution in [0.25, 0.3) is 0 Å². The number of hydrogen-bond donors (Lipinski definition) is 2. The van der Waals surface area contributed by atoms with E-state index in [1.165, 1.54) is 29.6 Å². The molecular weight excluding hydrogens is 280 g/mol. The average Bonchev–Trinajstić information content (AvgIpc) is 2.39. The van der Waals surface area contributed by atoms with Crippen molar-refractivity contribution >= 4 is 21.7 Å². The Labute approximate surface area is 118 Å². The van der Waals surface area contributed by atoms with Crippen LogP contribution < -0.4 is 11.1 Å². The monoisotopic (exact) mass is 298 g/mol. The van der Waals surface area contributed by atoms with Gasteiger partial charge < -0.3 is 11.1 Å². The molecule has 20 heavy (non-hydrogen) atoms. The molecule has 0 bridgehead atoms. The summed E-state index contributed by atoms with van der Waals surface area (Å²) in [5, 5.41) is 2.76. The van der Waals surface area contributed by atoms with Crippen molar-refractivity contribution in [2.24, 2.45) is 0 Å². The molecule has 1 fully saturated rings. The van der Waals surface area contributed by atoms with Gasteiger partial charge in [-0.25, -0.2) is 13.4 Å². The minimum Gasteiger partial charge on any atom is -0.384 e. The largest absolute Gasteiger partial charge is 0.384 e. The summed E-state index contributed by atoms with van der Waals surface area (Å²) < 4.78 is 26.3. The number of nitrogens with one attached hydrogen (secondary N) is 1. The summed E-state index contributed by atoms with van der Waals surface area (Å²) in [5.41, 5.74) is 5.46. The molecule has 1 saturated heterocycles. The molecule has 0 saturated carbocycles. The maximum absolute atomic E-state index is 12.5. The van der Waals surface area contributed by atoms with Gasteiger partial charge in [0.2, 0.25) is 15.9 Å². The molecule has 3 N–H and O–H groups in total. The third kappa shape index (κ3) is 3.26. The van der Waals surface area contributed by atoms with Crippen molar-refractivity contribution in [1.29, 1.82) is 0 Å². The van der Waals surface area contributed by atoms with E-state index in [9.17, 15) is 13.2 Å². The van der Waals surface area contributed by atoms with Crippen LogP contribution in [0.1, 0.15) is 19.8 Å². The Morgan fingerprint density at radius 1 is 1.50 bits per heavy atom. The zero-order valence-electron chi connectivity index (χ0n) is 11.2. The Morgan fingerprint density at radius 3 is 2.85 bits per heavy atom. The number of carbonyl (C=O) groups is 1. The maximum atomic E-state index is 12.5. The van der Waals surface area contributed by atoms with Gasteiger partial charge in [0.25, 0.3) is 0 Å². The van der Waals surface area contributed by atoms with E-state index < -0.39 is 10.0 Å². The minimum absolute atomic E-state index is 0.121. The number of hydrogen-bond acceptors (Lipinski definition) is 5. The summed E-state index contributed by atoms with van der Waals surface area (Å²) in [6.07, 6.45) is 2.75. The Balaban J connectivity index is 2.16. The summed E-state index contributed by atoms with van der Waals surface area (Å²) in [4.78, 5) is 15.0. The molecule has 1 aliphatic rings. The molecule has 1 unspecified atom stereocenters. The van der Waals surface area contributed by atoms with Gasteiger partial charge in [-0.05, 0) is 25.0 Å². The third-order valence-electron chi connectivity index (χ3n) is 3.19. The summed E-state index contributed by atoms with van der Waals surface area (Å²) >= 11 is 0. The molecule has 1 aliphatic heterocycles. The lowest BCUT2D eigenvalue weighted by molar-refractivity contribution is -0.119. The van der Waals surface area contributed by atoms with E-state index in [1.807, 2.05) is 0 Å². The molecule has 7 nitrogen and oxygen atoms in total. The first-order chi connectivity index (χ1) is 9.39. The van der Waals surface area contributed by atoms with E-state index in [0.717, 1.165) is 6.42 Å². The molecule has 0 radical (unpaired) electrons. The molecule has 110 valence electrons. The van der Waals surface area contributed by atoms with Gasteiger partial charge in [0.05, 0.1) is 0 Å². The number of sulfonamides is 1. The van der Waals surface area contributed by atoms with Gasteiger partial charge in [-0.15, -0.1) is 0 Å². The molecule has 2 heterocycles. The Hall–Kier alpha value is -1.67. The van der Waals surface area contributed by atoms with Crippen LogP contribution in [0.5, 0.6) is 0 Å². The summed E-state index contributed by atoms with van der Waals surface area (Å²) in [5.74, 6) is 0.127. The van der Waals surface area contributed by atoms with Crippen molar-refractivity contribution in [3.63, 3.8) is 0 Å². The second kappa shape index (κ2) is 5.76. The van der Waals surface area contributed by atoms with Gasteiger partial charge in [-0.1, -0.05) is 0 Å². The number of aromatic nitrogens is 1. The number of amides is 1.